The molecular weight excluding hydrogens is 401 g/mol. The summed E-state index contributed by atoms with van der Waals surface area (Å²) in [7, 11) is -3.76. The summed E-state index contributed by atoms with van der Waals surface area (Å²) in [4.78, 5) is 14.1. The minimum absolute atomic E-state index is 0.310. The van der Waals surface area contributed by atoms with Crippen LogP contribution in [0.25, 0.3) is 0 Å². The third kappa shape index (κ3) is 5.26. The predicted octanol–water partition coefficient (Wildman–Crippen LogP) is 3.94. The van der Waals surface area contributed by atoms with Gasteiger partial charge in [0.05, 0.1) is 4.92 Å². The van der Waals surface area contributed by atoms with Gasteiger partial charge in [-0.25, -0.2) is 17.8 Å². The maximum absolute atomic E-state index is 12.9. The second-order valence-corrected chi connectivity index (χ2v) is 8.11. The molecular formula is C19H16FN3O5S. The van der Waals surface area contributed by atoms with Crippen molar-refractivity contribution < 1.29 is 22.5 Å². The Labute approximate surface area is 166 Å². The zero-order valence-electron chi connectivity index (χ0n) is 15.2. The summed E-state index contributed by atoms with van der Waals surface area (Å²) in [5.74, 6) is 0.413. The normalized spacial score (nSPS) is 11.1. The van der Waals surface area contributed by atoms with Crippen LogP contribution >= 0.6 is 0 Å². The van der Waals surface area contributed by atoms with E-state index in [0.717, 1.165) is 17.9 Å². The first kappa shape index (κ1) is 20.2. The third-order valence-electron chi connectivity index (χ3n) is 3.89. The number of pyridine rings is 1. The molecule has 0 bridgehead atoms. The first-order valence-corrected chi connectivity index (χ1v) is 10.2. The van der Waals surface area contributed by atoms with E-state index in [1.54, 1.807) is 18.3 Å². The van der Waals surface area contributed by atoms with Crippen molar-refractivity contribution in [2.75, 3.05) is 11.6 Å². The molecule has 0 spiro atoms. The lowest BCUT2D eigenvalue weighted by molar-refractivity contribution is -0.387. The standard InChI is InChI=1S/C19H16FN3O5S/c1-29(26,27)18-10-15(5-8-17(18)23(24)25)21-11-13-2-9-19(22-12-13)28-16-6-3-14(20)4-7-16/h2-10,12,21H,11H2,1H3. The maximum atomic E-state index is 12.9. The Hall–Kier alpha value is -3.53. The van der Waals surface area contributed by atoms with Crippen molar-refractivity contribution in [3.8, 4) is 11.6 Å². The number of hydrogen-bond donors (Lipinski definition) is 1. The van der Waals surface area contributed by atoms with Crippen LogP contribution in [0.5, 0.6) is 11.6 Å². The fourth-order valence-corrected chi connectivity index (χ4v) is 3.34. The molecule has 0 unspecified atom stereocenters. The Kier molecular flexibility index (Phi) is 5.74. The van der Waals surface area contributed by atoms with Gasteiger partial charge in [-0.3, -0.25) is 10.1 Å². The van der Waals surface area contributed by atoms with Gasteiger partial charge in [0, 0.05) is 36.8 Å². The summed E-state index contributed by atoms with van der Waals surface area (Å²) in [6, 6.07) is 12.7. The molecule has 1 aromatic heterocycles. The van der Waals surface area contributed by atoms with Crippen molar-refractivity contribution in [1.82, 2.24) is 4.98 Å². The van der Waals surface area contributed by atoms with Crippen LogP contribution in [0.3, 0.4) is 0 Å². The number of sulfone groups is 1. The van der Waals surface area contributed by atoms with E-state index in [1.165, 1.54) is 36.4 Å². The number of nitro benzene ring substituents is 1. The fraction of sp³-hybridized carbons (Fsp3) is 0.105. The Morgan fingerprint density at radius 3 is 2.45 bits per heavy atom. The summed E-state index contributed by atoms with van der Waals surface area (Å²) in [5.41, 5.74) is 0.723. The molecule has 29 heavy (non-hydrogen) atoms. The van der Waals surface area contributed by atoms with Gasteiger partial charge in [0.2, 0.25) is 5.88 Å². The van der Waals surface area contributed by atoms with E-state index in [9.17, 15) is 22.9 Å². The highest BCUT2D eigenvalue weighted by molar-refractivity contribution is 7.90. The van der Waals surface area contributed by atoms with Crippen molar-refractivity contribution in [1.29, 1.82) is 0 Å². The zero-order valence-corrected chi connectivity index (χ0v) is 16.0. The molecule has 150 valence electrons. The molecule has 10 heteroatoms. The lowest BCUT2D eigenvalue weighted by Gasteiger charge is -2.09. The van der Waals surface area contributed by atoms with Crippen LogP contribution < -0.4 is 10.1 Å². The summed E-state index contributed by atoms with van der Waals surface area (Å²) >= 11 is 0. The Morgan fingerprint density at radius 1 is 1.14 bits per heavy atom. The molecule has 0 atom stereocenters. The minimum atomic E-state index is -3.76. The van der Waals surface area contributed by atoms with Crippen molar-refractivity contribution in [3.63, 3.8) is 0 Å². The molecule has 0 aliphatic heterocycles. The van der Waals surface area contributed by atoms with Crippen LogP contribution in [0.1, 0.15) is 5.56 Å². The smallest absolute Gasteiger partial charge is 0.288 e. The highest BCUT2D eigenvalue weighted by Crippen LogP contribution is 2.27. The number of nitrogens with zero attached hydrogens (tertiary/aromatic N) is 2. The molecule has 1 heterocycles. The fourth-order valence-electron chi connectivity index (χ4n) is 2.48. The van der Waals surface area contributed by atoms with Crippen molar-refractivity contribution in [3.05, 3.63) is 82.3 Å². The van der Waals surface area contributed by atoms with Gasteiger partial charge in [-0.2, -0.15) is 0 Å². The first-order chi connectivity index (χ1) is 13.7. The van der Waals surface area contributed by atoms with Crippen LogP contribution in [-0.4, -0.2) is 24.6 Å². The summed E-state index contributed by atoms with van der Waals surface area (Å²) in [5, 5.41) is 14.0. The molecule has 8 nitrogen and oxygen atoms in total. The Balaban J connectivity index is 1.68. The van der Waals surface area contributed by atoms with Gasteiger partial charge in [-0.15, -0.1) is 0 Å². The van der Waals surface area contributed by atoms with Gasteiger partial charge in [0.1, 0.15) is 16.5 Å². The molecule has 2 aromatic carbocycles. The quantitative estimate of drug-likeness (QED) is 0.458. The van der Waals surface area contributed by atoms with Crippen molar-refractivity contribution >= 4 is 21.2 Å². The number of aromatic nitrogens is 1. The monoisotopic (exact) mass is 417 g/mol. The van der Waals surface area contributed by atoms with Crippen molar-refractivity contribution in [2.24, 2.45) is 0 Å². The third-order valence-corrected chi connectivity index (χ3v) is 5.01. The van der Waals surface area contributed by atoms with E-state index in [0.29, 0.717) is 23.9 Å². The van der Waals surface area contributed by atoms with Crippen LogP contribution in [0.2, 0.25) is 0 Å². The predicted molar refractivity (Wildman–Crippen MR) is 104 cm³/mol. The molecule has 0 amide bonds. The number of rotatable bonds is 7. The topological polar surface area (TPSA) is 111 Å². The second-order valence-electron chi connectivity index (χ2n) is 6.13. The van der Waals surface area contributed by atoms with Gasteiger partial charge < -0.3 is 10.1 Å². The Bertz CT molecular complexity index is 1130. The van der Waals surface area contributed by atoms with Gasteiger partial charge in [0.15, 0.2) is 9.84 Å². The van der Waals surface area contributed by atoms with E-state index in [1.807, 2.05) is 0 Å². The van der Waals surface area contributed by atoms with Crippen LogP contribution in [-0.2, 0) is 16.4 Å². The molecule has 0 fully saturated rings. The average molecular weight is 417 g/mol. The van der Waals surface area contributed by atoms with Crippen LogP contribution in [0, 0.1) is 15.9 Å². The molecule has 0 saturated carbocycles. The average Bonchev–Trinajstić information content (AvgIpc) is 2.68. The van der Waals surface area contributed by atoms with Crippen LogP contribution in [0.15, 0.2) is 65.7 Å². The molecule has 0 aliphatic rings. The number of halogens is 1. The van der Waals surface area contributed by atoms with E-state index >= 15 is 0 Å². The minimum Gasteiger partial charge on any atom is -0.439 e. The van der Waals surface area contributed by atoms with E-state index < -0.39 is 20.4 Å². The zero-order chi connectivity index (χ0) is 21.0. The number of nitrogens with one attached hydrogen (secondary N) is 1. The number of nitro groups is 1. The summed E-state index contributed by atoms with van der Waals surface area (Å²) in [6.07, 6.45) is 2.48. The number of anilines is 1. The van der Waals surface area contributed by atoms with Gasteiger partial charge >= 0.3 is 0 Å². The summed E-state index contributed by atoms with van der Waals surface area (Å²) < 4.78 is 42.0. The number of hydrogen-bond acceptors (Lipinski definition) is 7. The van der Waals surface area contributed by atoms with Crippen LogP contribution in [0.4, 0.5) is 15.8 Å². The van der Waals surface area contributed by atoms with Crippen molar-refractivity contribution in [2.45, 2.75) is 11.4 Å². The van der Waals surface area contributed by atoms with Gasteiger partial charge in [0.25, 0.3) is 5.69 Å². The van der Waals surface area contributed by atoms with Gasteiger partial charge in [-0.05, 0) is 42.0 Å². The Morgan fingerprint density at radius 2 is 1.86 bits per heavy atom. The number of ether oxygens (including phenoxy) is 1. The highest BCUT2D eigenvalue weighted by atomic mass is 32.2. The highest BCUT2D eigenvalue weighted by Gasteiger charge is 2.22. The lowest BCUT2D eigenvalue weighted by Crippen LogP contribution is -2.05. The SMILES string of the molecule is CS(=O)(=O)c1cc(NCc2ccc(Oc3ccc(F)cc3)nc2)ccc1[N+](=O)[O-]. The lowest BCUT2D eigenvalue weighted by atomic mass is 10.2. The first-order valence-electron chi connectivity index (χ1n) is 8.33. The molecule has 1 N–H and O–H groups in total. The molecule has 0 saturated heterocycles. The number of benzene rings is 2. The van der Waals surface area contributed by atoms with Gasteiger partial charge in [-0.1, -0.05) is 6.07 Å². The van der Waals surface area contributed by atoms with E-state index in [4.69, 9.17) is 4.74 Å². The molecule has 3 aromatic rings. The molecule has 0 aliphatic carbocycles. The largest absolute Gasteiger partial charge is 0.439 e. The van der Waals surface area contributed by atoms with E-state index in [-0.39, 0.29) is 10.7 Å². The van der Waals surface area contributed by atoms with E-state index in [2.05, 4.69) is 10.3 Å². The molecule has 0 radical (unpaired) electrons. The summed E-state index contributed by atoms with van der Waals surface area (Å²) in [6.45, 7) is 0.310. The molecule has 3 rings (SSSR count). The second kappa shape index (κ2) is 8.23. The maximum Gasteiger partial charge on any atom is 0.288 e.